The molecule has 0 aliphatic rings. The number of benzene rings is 1. The number of aromatic amines is 1. The molecule has 0 spiro atoms. The summed E-state index contributed by atoms with van der Waals surface area (Å²) in [6.45, 7) is 4.21. The first-order valence-electron chi connectivity index (χ1n) is 5.00. The second-order valence-electron chi connectivity index (χ2n) is 3.39. The molecule has 0 aliphatic heterocycles. The van der Waals surface area contributed by atoms with Crippen LogP contribution in [0.25, 0.3) is 10.9 Å². The van der Waals surface area contributed by atoms with E-state index in [9.17, 15) is 0 Å². The van der Waals surface area contributed by atoms with Crippen LogP contribution in [-0.2, 0) is 0 Å². The maximum Gasteiger partial charge on any atom is 0.172 e. The van der Waals surface area contributed by atoms with Crippen LogP contribution in [0, 0.1) is 0 Å². The lowest BCUT2D eigenvalue weighted by Crippen LogP contribution is -2.28. The van der Waals surface area contributed by atoms with E-state index in [0.717, 1.165) is 10.9 Å². The van der Waals surface area contributed by atoms with Gasteiger partial charge in [-0.25, -0.2) is 0 Å². The summed E-state index contributed by atoms with van der Waals surface area (Å²) in [5, 5.41) is 15.1. The molecule has 88 valence electrons. The molecule has 0 radical (unpaired) electrons. The fraction of sp³-hybridized carbons (Fsp3) is 0.0909. The Kier molecular flexibility index (Phi) is 3.61. The molecular formula is C11H11ClN4S. The molecule has 0 unspecified atom stereocenters. The number of fused-ring (bicyclic) bond motifs is 1. The summed E-state index contributed by atoms with van der Waals surface area (Å²) in [7, 11) is 0. The van der Waals surface area contributed by atoms with E-state index in [0.29, 0.717) is 22.5 Å². The summed E-state index contributed by atoms with van der Waals surface area (Å²) >= 11 is 11.0. The molecule has 0 atom stereocenters. The highest BCUT2D eigenvalue weighted by molar-refractivity contribution is 7.80. The molecule has 17 heavy (non-hydrogen) atoms. The van der Waals surface area contributed by atoms with Crippen molar-refractivity contribution in [3.63, 3.8) is 0 Å². The number of hydrogen-bond acceptors (Lipinski definition) is 2. The smallest absolute Gasteiger partial charge is 0.172 e. The van der Waals surface area contributed by atoms with E-state index >= 15 is 0 Å². The van der Waals surface area contributed by atoms with Gasteiger partial charge in [0.25, 0.3) is 0 Å². The van der Waals surface area contributed by atoms with Gasteiger partial charge in [-0.2, -0.15) is 5.10 Å². The van der Waals surface area contributed by atoms with Crippen LogP contribution in [0.2, 0.25) is 5.02 Å². The second-order valence-corrected chi connectivity index (χ2v) is 4.23. The van der Waals surface area contributed by atoms with Crippen LogP contribution in [0.5, 0.6) is 0 Å². The fourth-order valence-corrected chi connectivity index (χ4v) is 1.76. The number of nitrogens with zero attached hydrogens (tertiary/aromatic N) is 1. The van der Waals surface area contributed by atoms with Crippen molar-refractivity contribution in [3.05, 3.63) is 35.9 Å². The van der Waals surface area contributed by atoms with Gasteiger partial charge in [0.15, 0.2) is 10.9 Å². The molecule has 2 aromatic rings. The van der Waals surface area contributed by atoms with Gasteiger partial charge in [0.05, 0.1) is 5.52 Å². The van der Waals surface area contributed by atoms with Gasteiger partial charge >= 0.3 is 0 Å². The topological polar surface area (TPSA) is 52.7 Å². The molecule has 0 bridgehead atoms. The van der Waals surface area contributed by atoms with E-state index in [1.54, 1.807) is 6.08 Å². The minimum atomic E-state index is 0.508. The third-order valence-corrected chi connectivity index (χ3v) is 2.65. The van der Waals surface area contributed by atoms with E-state index < -0.39 is 0 Å². The van der Waals surface area contributed by atoms with Gasteiger partial charge in [0.1, 0.15) is 0 Å². The summed E-state index contributed by atoms with van der Waals surface area (Å²) < 4.78 is 0. The van der Waals surface area contributed by atoms with Gasteiger partial charge in [-0.05, 0) is 30.4 Å². The average Bonchev–Trinajstić information content (AvgIpc) is 2.69. The highest BCUT2D eigenvalue weighted by atomic mass is 35.5. The SMILES string of the molecule is C=CCNC(=S)Nc1n[nH]c2cc(Cl)ccc12. The van der Waals surface area contributed by atoms with Crippen molar-refractivity contribution in [2.75, 3.05) is 11.9 Å². The molecule has 1 aromatic carbocycles. The third-order valence-electron chi connectivity index (χ3n) is 2.16. The van der Waals surface area contributed by atoms with Crippen molar-refractivity contribution in [3.8, 4) is 0 Å². The molecule has 6 heteroatoms. The lowest BCUT2D eigenvalue weighted by atomic mass is 10.2. The number of halogens is 1. The summed E-state index contributed by atoms with van der Waals surface area (Å²) in [6.07, 6.45) is 1.73. The molecule has 0 amide bonds. The van der Waals surface area contributed by atoms with Crippen molar-refractivity contribution in [1.29, 1.82) is 0 Å². The largest absolute Gasteiger partial charge is 0.359 e. The van der Waals surface area contributed by atoms with E-state index in [4.69, 9.17) is 23.8 Å². The third kappa shape index (κ3) is 2.75. The van der Waals surface area contributed by atoms with Gasteiger partial charge in [0, 0.05) is 17.0 Å². The van der Waals surface area contributed by atoms with Crippen LogP contribution in [-0.4, -0.2) is 21.9 Å². The van der Waals surface area contributed by atoms with E-state index in [1.165, 1.54) is 0 Å². The number of anilines is 1. The lowest BCUT2D eigenvalue weighted by Gasteiger charge is -2.06. The van der Waals surface area contributed by atoms with E-state index in [-0.39, 0.29) is 0 Å². The Hall–Kier alpha value is -1.59. The number of hydrogen-bond donors (Lipinski definition) is 3. The van der Waals surface area contributed by atoms with Crippen LogP contribution < -0.4 is 10.6 Å². The number of aromatic nitrogens is 2. The van der Waals surface area contributed by atoms with Crippen molar-refractivity contribution < 1.29 is 0 Å². The Labute approximate surface area is 109 Å². The molecule has 4 nitrogen and oxygen atoms in total. The Morgan fingerprint density at radius 1 is 1.59 bits per heavy atom. The molecule has 1 aromatic heterocycles. The van der Waals surface area contributed by atoms with Gasteiger partial charge in [0.2, 0.25) is 0 Å². The zero-order valence-electron chi connectivity index (χ0n) is 8.96. The number of nitrogens with one attached hydrogen (secondary N) is 3. The Morgan fingerprint density at radius 3 is 3.18 bits per heavy atom. The first-order valence-corrected chi connectivity index (χ1v) is 5.78. The first-order chi connectivity index (χ1) is 8.20. The standard InChI is InChI=1S/C11H11ClN4S/c1-2-5-13-11(17)14-10-8-4-3-7(12)6-9(8)15-16-10/h2-4,6H,1,5H2,(H3,13,14,15,16,17). The van der Waals surface area contributed by atoms with E-state index in [2.05, 4.69) is 27.4 Å². The highest BCUT2D eigenvalue weighted by Gasteiger charge is 2.06. The second kappa shape index (κ2) is 5.16. The minimum absolute atomic E-state index is 0.508. The van der Waals surface area contributed by atoms with Crippen LogP contribution in [0.3, 0.4) is 0 Å². The normalized spacial score (nSPS) is 10.2. The lowest BCUT2D eigenvalue weighted by molar-refractivity contribution is 1.05. The quantitative estimate of drug-likeness (QED) is 0.591. The number of H-pyrrole nitrogens is 1. The van der Waals surface area contributed by atoms with Crippen molar-refractivity contribution in [2.24, 2.45) is 0 Å². The van der Waals surface area contributed by atoms with Gasteiger partial charge < -0.3 is 10.6 Å². The van der Waals surface area contributed by atoms with Gasteiger partial charge in [-0.1, -0.05) is 17.7 Å². The minimum Gasteiger partial charge on any atom is -0.359 e. The van der Waals surface area contributed by atoms with E-state index in [1.807, 2.05) is 18.2 Å². The van der Waals surface area contributed by atoms with Crippen molar-refractivity contribution >= 4 is 45.7 Å². The van der Waals surface area contributed by atoms with Crippen molar-refractivity contribution in [1.82, 2.24) is 15.5 Å². The summed E-state index contributed by atoms with van der Waals surface area (Å²) in [6, 6.07) is 5.51. The molecule has 0 saturated heterocycles. The molecular weight excluding hydrogens is 256 g/mol. The maximum atomic E-state index is 5.88. The van der Waals surface area contributed by atoms with Crippen LogP contribution >= 0.6 is 23.8 Å². The first kappa shape index (κ1) is 11.9. The molecule has 2 rings (SSSR count). The van der Waals surface area contributed by atoms with Crippen molar-refractivity contribution in [2.45, 2.75) is 0 Å². The van der Waals surface area contributed by atoms with Crippen LogP contribution in [0.15, 0.2) is 30.9 Å². The van der Waals surface area contributed by atoms with Crippen LogP contribution in [0.1, 0.15) is 0 Å². The highest BCUT2D eigenvalue weighted by Crippen LogP contribution is 2.23. The molecule has 1 heterocycles. The molecule has 0 fully saturated rings. The predicted molar refractivity (Wildman–Crippen MR) is 75.5 cm³/mol. The average molecular weight is 267 g/mol. The summed E-state index contributed by atoms with van der Waals surface area (Å²) in [4.78, 5) is 0. The van der Waals surface area contributed by atoms with Gasteiger partial charge in [-0.15, -0.1) is 6.58 Å². The fourth-order valence-electron chi connectivity index (χ4n) is 1.40. The zero-order valence-corrected chi connectivity index (χ0v) is 10.5. The monoisotopic (exact) mass is 266 g/mol. The Bertz CT molecular complexity index is 564. The van der Waals surface area contributed by atoms with Crippen LogP contribution in [0.4, 0.5) is 5.82 Å². The molecule has 0 aliphatic carbocycles. The summed E-state index contributed by atoms with van der Waals surface area (Å²) in [5.74, 6) is 0.679. The zero-order chi connectivity index (χ0) is 12.3. The molecule has 0 saturated carbocycles. The maximum absolute atomic E-state index is 5.88. The van der Waals surface area contributed by atoms with Gasteiger partial charge in [-0.3, -0.25) is 5.10 Å². The Morgan fingerprint density at radius 2 is 2.41 bits per heavy atom. The molecule has 3 N–H and O–H groups in total. The summed E-state index contributed by atoms with van der Waals surface area (Å²) in [5.41, 5.74) is 0.867. The predicted octanol–water partition coefficient (Wildman–Crippen LogP) is 2.69. The number of rotatable bonds is 3. The Balaban J connectivity index is 2.19. The number of thiocarbonyl (C=S) groups is 1.